The fourth-order valence-electron chi connectivity index (χ4n) is 2.57. The summed E-state index contributed by atoms with van der Waals surface area (Å²) in [4.78, 5) is 37.5. The zero-order valence-electron chi connectivity index (χ0n) is 17.9. The molecule has 10 heteroatoms. The van der Waals surface area contributed by atoms with Crippen molar-refractivity contribution in [3.8, 4) is 6.07 Å². The third-order valence-electron chi connectivity index (χ3n) is 4.03. The second kappa shape index (κ2) is 9.49. The Labute approximate surface area is 183 Å². The molecular formula is C21H24N4O5S. The number of carboxylic acids is 1. The predicted molar refractivity (Wildman–Crippen MR) is 119 cm³/mol. The molecule has 9 nitrogen and oxygen atoms in total. The zero-order valence-corrected chi connectivity index (χ0v) is 18.7. The highest BCUT2D eigenvalue weighted by Crippen LogP contribution is 2.20. The Hall–Kier alpha value is -3.58. The molecule has 0 spiro atoms. The van der Waals surface area contributed by atoms with Crippen molar-refractivity contribution >= 4 is 46.5 Å². The van der Waals surface area contributed by atoms with Gasteiger partial charge in [0, 0.05) is 31.2 Å². The lowest BCUT2D eigenvalue weighted by Gasteiger charge is -2.24. The molecule has 0 unspecified atom stereocenters. The van der Waals surface area contributed by atoms with Crippen LogP contribution in [0, 0.1) is 11.3 Å². The quantitative estimate of drug-likeness (QED) is 0.722. The zero-order chi connectivity index (χ0) is 23.3. The molecule has 0 fully saturated rings. The molecule has 31 heavy (non-hydrogen) atoms. The van der Waals surface area contributed by atoms with Gasteiger partial charge in [0.05, 0.1) is 0 Å². The number of benzene rings is 1. The molecule has 0 radical (unpaired) electrons. The highest BCUT2D eigenvalue weighted by Gasteiger charge is 2.20. The highest BCUT2D eigenvalue weighted by atomic mass is 32.1. The standard InChI is InChI=1S/C21H24N4O5S/c1-6-25-17(26)16(31-18(25)15(11-22)19(27)28)12-23-13-8-7-9-14(10-13)24(5)20(29)30-21(2,3)4/h7-10,12,23H,6H2,1-5H3,(H,27,28)/b16-12+,18-15-. The van der Waals surface area contributed by atoms with E-state index in [1.807, 2.05) is 0 Å². The fraction of sp³-hybridized carbons (Fsp3) is 0.333. The third kappa shape index (κ3) is 5.73. The van der Waals surface area contributed by atoms with Gasteiger partial charge < -0.3 is 15.2 Å². The number of carbonyl (C=O) groups excluding carboxylic acids is 1. The van der Waals surface area contributed by atoms with Gasteiger partial charge in [-0.15, -0.1) is 11.3 Å². The third-order valence-corrected chi connectivity index (χ3v) is 5.16. The first kappa shape index (κ1) is 23.7. The molecule has 1 amide bonds. The molecule has 1 aromatic carbocycles. The summed E-state index contributed by atoms with van der Waals surface area (Å²) in [5.74, 6) is -1.39. The van der Waals surface area contributed by atoms with Crippen molar-refractivity contribution in [2.24, 2.45) is 0 Å². The summed E-state index contributed by atoms with van der Waals surface area (Å²) in [6.45, 7) is 7.27. The van der Waals surface area contributed by atoms with E-state index in [2.05, 4.69) is 5.32 Å². The SMILES string of the molecule is CCn1c(=O)/c(=C\Nc2cccc(N(C)C(=O)OC(C)(C)C)c2)s/c1=C(/C#N)C(=O)O. The van der Waals surface area contributed by atoms with Gasteiger partial charge in [0.15, 0.2) is 5.57 Å². The Morgan fingerprint density at radius 3 is 2.61 bits per heavy atom. The van der Waals surface area contributed by atoms with Crippen LogP contribution in [0.1, 0.15) is 27.7 Å². The number of thiazole rings is 1. The number of aliphatic carboxylic acids is 1. The second-order valence-corrected chi connectivity index (χ2v) is 8.52. The van der Waals surface area contributed by atoms with Crippen LogP contribution in [0.3, 0.4) is 0 Å². The number of nitriles is 1. The fourth-order valence-corrected chi connectivity index (χ4v) is 3.65. The number of carboxylic acid groups (broad SMARTS) is 1. The van der Waals surface area contributed by atoms with Crippen molar-refractivity contribution in [3.05, 3.63) is 43.8 Å². The van der Waals surface area contributed by atoms with Crippen molar-refractivity contribution in [3.63, 3.8) is 0 Å². The van der Waals surface area contributed by atoms with Crippen molar-refractivity contribution in [1.29, 1.82) is 5.26 Å². The summed E-state index contributed by atoms with van der Waals surface area (Å²) < 4.78 is 6.95. The van der Waals surface area contributed by atoms with Gasteiger partial charge in [-0.2, -0.15) is 5.26 Å². The van der Waals surface area contributed by atoms with E-state index in [0.29, 0.717) is 11.4 Å². The molecule has 2 N–H and O–H groups in total. The van der Waals surface area contributed by atoms with Crippen LogP contribution < -0.4 is 25.0 Å². The Morgan fingerprint density at radius 1 is 1.39 bits per heavy atom. The van der Waals surface area contributed by atoms with Crippen LogP contribution in [-0.4, -0.2) is 34.4 Å². The summed E-state index contributed by atoms with van der Waals surface area (Å²) in [5, 5.41) is 21.3. The Morgan fingerprint density at radius 2 is 2.06 bits per heavy atom. The monoisotopic (exact) mass is 444 g/mol. The molecule has 0 aliphatic heterocycles. The number of anilines is 2. The Bertz CT molecular complexity index is 1210. The molecule has 0 bridgehead atoms. The predicted octanol–water partition coefficient (Wildman–Crippen LogP) is 1.91. The van der Waals surface area contributed by atoms with E-state index in [1.54, 1.807) is 65.1 Å². The minimum absolute atomic E-state index is 0.0916. The van der Waals surface area contributed by atoms with Gasteiger partial charge in [0.2, 0.25) is 0 Å². The largest absolute Gasteiger partial charge is 0.477 e. The number of nitrogens with zero attached hydrogens (tertiary/aromatic N) is 3. The van der Waals surface area contributed by atoms with Crippen molar-refractivity contribution in [2.45, 2.75) is 39.8 Å². The van der Waals surface area contributed by atoms with E-state index >= 15 is 0 Å². The van der Waals surface area contributed by atoms with Crippen molar-refractivity contribution in [2.75, 3.05) is 17.3 Å². The molecule has 2 aromatic rings. The van der Waals surface area contributed by atoms with E-state index in [4.69, 9.17) is 10.00 Å². The molecule has 1 aromatic heterocycles. The molecule has 2 rings (SSSR count). The van der Waals surface area contributed by atoms with Crippen molar-refractivity contribution < 1.29 is 19.4 Å². The van der Waals surface area contributed by atoms with E-state index in [0.717, 1.165) is 11.3 Å². The number of hydrogen-bond donors (Lipinski definition) is 2. The van der Waals surface area contributed by atoms with Gasteiger partial charge in [0.1, 0.15) is 20.9 Å². The Balaban J connectivity index is 2.40. The van der Waals surface area contributed by atoms with E-state index in [9.17, 15) is 19.5 Å². The lowest BCUT2D eigenvalue weighted by Crippen LogP contribution is -2.34. The summed E-state index contributed by atoms with van der Waals surface area (Å²) >= 11 is 0.920. The van der Waals surface area contributed by atoms with Crippen LogP contribution in [0.25, 0.3) is 11.8 Å². The van der Waals surface area contributed by atoms with Gasteiger partial charge in [-0.3, -0.25) is 14.3 Å². The highest BCUT2D eigenvalue weighted by molar-refractivity contribution is 7.07. The van der Waals surface area contributed by atoms with Crippen LogP contribution >= 0.6 is 11.3 Å². The van der Waals surface area contributed by atoms with Crippen LogP contribution in [0.5, 0.6) is 0 Å². The minimum Gasteiger partial charge on any atom is -0.477 e. The van der Waals surface area contributed by atoms with Gasteiger partial charge in [0.25, 0.3) is 5.56 Å². The van der Waals surface area contributed by atoms with Crippen molar-refractivity contribution in [1.82, 2.24) is 4.57 Å². The van der Waals surface area contributed by atoms with Crippen LogP contribution in [0.2, 0.25) is 0 Å². The van der Waals surface area contributed by atoms with Gasteiger partial charge in [-0.1, -0.05) is 6.07 Å². The molecule has 0 aliphatic rings. The minimum atomic E-state index is -1.39. The number of nitrogens with one attached hydrogen (secondary N) is 1. The lowest BCUT2D eigenvalue weighted by atomic mass is 10.2. The molecule has 1 heterocycles. The summed E-state index contributed by atoms with van der Waals surface area (Å²) in [5.41, 5.74) is -0.319. The van der Waals surface area contributed by atoms with E-state index in [1.165, 1.54) is 15.7 Å². The summed E-state index contributed by atoms with van der Waals surface area (Å²) in [7, 11) is 1.59. The molecule has 0 aliphatic carbocycles. The first-order valence-corrected chi connectivity index (χ1v) is 10.2. The Kier molecular flexibility index (Phi) is 7.25. The maximum absolute atomic E-state index is 12.6. The van der Waals surface area contributed by atoms with Gasteiger partial charge in [-0.25, -0.2) is 9.59 Å². The van der Waals surface area contributed by atoms with Gasteiger partial charge >= 0.3 is 12.1 Å². The second-order valence-electron chi connectivity index (χ2n) is 7.49. The number of aromatic nitrogens is 1. The first-order chi connectivity index (χ1) is 14.5. The molecule has 164 valence electrons. The van der Waals surface area contributed by atoms with Crippen LogP contribution in [-0.2, 0) is 16.1 Å². The maximum Gasteiger partial charge on any atom is 0.414 e. The van der Waals surface area contributed by atoms with E-state index < -0.39 is 28.8 Å². The molecule has 0 saturated carbocycles. The van der Waals surface area contributed by atoms with Gasteiger partial charge in [-0.05, 0) is 45.9 Å². The topological polar surface area (TPSA) is 125 Å². The van der Waals surface area contributed by atoms with Crippen LogP contribution in [0.15, 0.2) is 29.1 Å². The summed E-state index contributed by atoms with van der Waals surface area (Å²) in [6, 6.07) is 8.57. The number of ether oxygens (including phenoxy) is 1. The normalized spacial score (nSPS) is 12.7. The number of hydrogen-bond acceptors (Lipinski definition) is 7. The molecule has 0 saturated heterocycles. The smallest absolute Gasteiger partial charge is 0.414 e. The summed E-state index contributed by atoms with van der Waals surface area (Å²) in [6.07, 6.45) is 0.946. The number of rotatable bonds is 5. The lowest BCUT2D eigenvalue weighted by molar-refractivity contribution is -0.130. The number of amides is 1. The number of carbonyl (C=O) groups is 2. The molecular weight excluding hydrogens is 420 g/mol. The average Bonchev–Trinajstić information content (AvgIpc) is 3.00. The molecule has 0 atom stereocenters. The first-order valence-electron chi connectivity index (χ1n) is 9.39. The average molecular weight is 445 g/mol. The maximum atomic E-state index is 12.6. The van der Waals surface area contributed by atoms with Crippen LogP contribution in [0.4, 0.5) is 16.2 Å². The van der Waals surface area contributed by atoms with E-state index in [-0.39, 0.29) is 15.7 Å².